The summed E-state index contributed by atoms with van der Waals surface area (Å²) in [7, 11) is 0. The Balaban J connectivity index is 1.37. The van der Waals surface area contributed by atoms with Crippen LogP contribution in [0.2, 0.25) is 10.0 Å². The lowest BCUT2D eigenvalue weighted by molar-refractivity contribution is 0.0740. The molecule has 0 unspecified atom stereocenters. The highest BCUT2D eigenvalue weighted by Gasteiger charge is 2.26. The molecule has 0 saturated carbocycles. The number of thiophene rings is 1. The van der Waals surface area contributed by atoms with Crippen LogP contribution < -0.4 is 10.2 Å². The largest absolute Gasteiger partial charge is 0.431 e. The summed E-state index contributed by atoms with van der Waals surface area (Å²) < 4.78 is 5.24. The molecule has 3 aromatic rings. The Morgan fingerprint density at radius 1 is 1.10 bits per heavy atom. The van der Waals surface area contributed by atoms with Gasteiger partial charge in [-0.1, -0.05) is 35.3 Å². The Bertz CT molecular complexity index is 1030. The van der Waals surface area contributed by atoms with Crippen LogP contribution in [0.25, 0.3) is 0 Å². The summed E-state index contributed by atoms with van der Waals surface area (Å²) in [6, 6.07) is 8.97. The van der Waals surface area contributed by atoms with E-state index in [1.54, 1.807) is 28.5 Å². The molecule has 2 aromatic heterocycles. The number of hydrogen-bond acceptors (Lipinski definition) is 6. The molecule has 7 nitrogen and oxygen atoms in total. The average molecular weight is 451 g/mol. The van der Waals surface area contributed by atoms with Crippen LogP contribution in [0.5, 0.6) is 0 Å². The number of oxazole rings is 1. The predicted octanol–water partition coefficient (Wildman–Crippen LogP) is 4.26. The lowest BCUT2D eigenvalue weighted by atomic mass is 10.2. The van der Waals surface area contributed by atoms with Gasteiger partial charge in [0.15, 0.2) is 5.69 Å². The first-order chi connectivity index (χ1) is 14.0. The van der Waals surface area contributed by atoms with Crippen LogP contribution in [-0.4, -0.2) is 47.9 Å². The molecule has 1 saturated heterocycles. The molecular weight excluding hydrogens is 435 g/mol. The van der Waals surface area contributed by atoms with E-state index in [1.807, 2.05) is 12.1 Å². The summed E-state index contributed by atoms with van der Waals surface area (Å²) in [5.74, 6) is -0.574. The van der Waals surface area contributed by atoms with E-state index >= 15 is 0 Å². The van der Waals surface area contributed by atoms with Gasteiger partial charge in [0.2, 0.25) is 0 Å². The molecule has 10 heteroatoms. The van der Waals surface area contributed by atoms with Crippen LogP contribution in [-0.2, 0) is 0 Å². The van der Waals surface area contributed by atoms with Crippen molar-refractivity contribution < 1.29 is 14.0 Å². The SMILES string of the molecule is O=C(Nc1nc(C(=O)N2CCN(c3cccc(Cl)c3Cl)CC2)co1)c1cccs1. The number of amides is 2. The van der Waals surface area contributed by atoms with Gasteiger partial charge in [0.1, 0.15) is 6.26 Å². The summed E-state index contributed by atoms with van der Waals surface area (Å²) in [5, 5.41) is 5.36. The fraction of sp³-hybridized carbons (Fsp3) is 0.211. The lowest BCUT2D eigenvalue weighted by Gasteiger charge is -2.36. The van der Waals surface area contributed by atoms with Crippen molar-refractivity contribution in [3.8, 4) is 0 Å². The van der Waals surface area contributed by atoms with Crippen molar-refractivity contribution in [1.82, 2.24) is 9.88 Å². The van der Waals surface area contributed by atoms with E-state index in [9.17, 15) is 9.59 Å². The predicted molar refractivity (Wildman–Crippen MR) is 113 cm³/mol. The fourth-order valence-corrected chi connectivity index (χ4v) is 4.08. The maximum absolute atomic E-state index is 12.7. The minimum absolute atomic E-state index is 0.00362. The second kappa shape index (κ2) is 8.44. The van der Waals surface area contributed by atoms with Crippen molar-refractivity contribution in [2.45, 2.75) is 0 Å². The maximum atomic E-state index is 12.7. The minimum Gasteiger partial charge on any atom is -0.431 e. The highest BCUT2D eigenvalue weighted by atomic mass is 35.5. The van der Waals surface area contributed by atoms with Crippen molar-refractivity contribution in [2.75, 3.05) is 36.4 Å². The summed E-state index contributed by atoms with van der Waals surface area (Å²) in [4.78, 5) is 33.2. The first-order valence-electron chi connectivity index (χ1n) is 8.81. The molecule has 2 amide bonds. The number of halogens is 2. The second-order valence-electron chi connectivity index (χ2n) is 6.32. The van der Waals surface area contributed by atoms with E-state index in [2.05, 4.69) is 15.2 Å². The van der Waals surface area contributed by atoms with Gasteiger partial charge in [0, 0.05) is 26.2 Å². The van der Waals surface area contributed by atoms with Crippen molar-refractivity contribution in [3.05, 3.63) is 62.6 Å². The number of carbonyl (C=O) groups excluding carboxylic acids is 2. The normalized spacial score (nSPS) is 14.1. The summed E-state index contributed by atoms with van der Waals surface area (Å²) >= 11 is 13.7. The molecule has 29 heavy (non-hydrogen) atoms. The van der Waals surface area contributed by atoms with Gasteiger partial charge in [-0.05, 0) is 23.6 Å². The number of anilines is 2. The van der Waals surface area contributed by atoms with Crippen LogP contribution in [0.15, 0.2) is 46.4 Å². The molecule has 0 aliphatic carbocycles. The smallest absolute Gasteiger partial charge is 0.302 e. The van der Waals surface area contributed by atoms with Gasteiger partial charge in [-0.2, -0.15) is 4.98 Å². The third-order valence-electron chi connectivity index (χ3n) is 4.53. The zero-order valence-electron chi connectivity index (χ0n) is 15.1. The molecule has 0 radical (unpaired) electrons. The van der Waals surface area contributed by atoms with Gasteiger partial charge in [-0.3, -0.25) is 14.9 Å². The molecule has 1 aliphatic heterocycles. The molecule has 1 aliphatic rings. The van der Waals surface area contributed by atoms with Crippen molar-refractivity contribution >= 4 is 58.1 Å². The fourth-order valence-electron chi connectivity index (χ4n) is 3.04. The van der Waals surface area contributed by atoms with Crippen LogP contribution in [0.1, 0.15) is 20.2 Å². The molecular formula is C19H16Cl2N4O3S. The standard InChI is InChI=1S/C19H16Cl2N4O3S/c20-12-3-1-4-14(16(12)21)24-6-8-25(9-7-24)18(27)13-11-28-19(22-13)23-17(26)15-5-2-10-29-15/h1-5,10-11H,6-9H2,(H,22,23,26). The molecule has 0 spiro atoms. The van der Waals surface area contributed by atoms with E-state index in [4.69, 9.17) is 27.6 Å². The third kappa shape index (κ3) is 4.24. The maximum Gasteiger partial charge on any atom is 0.302 e. The van der Waals surface area contributed by atoms with Gasteiger partial charge in [-0.15, -0.1) is 11.3 Å². The topological polar surface area (TPSA) is 78.7 Å². The van der Waals surface area contributed by atoms with Crippen LogP contribution in [0, 0.1) is 0 Å². The first-order valence-corrected chi connectivity index (χ1v) is 10.4. The van der Waals surface area contributed by atoms with E-state index in [0.717, 1.165) is 5.69 Å². The Kier molecular flexibility index (Phi) is 5.75. The Morgan fingerprint density at radius 2 is 1.90 bits per heavy atom. The highest BCUT2D eigenvalue weighted by molar-refractivity contribution is 7.12. The summed E-state index contributed by atoms with van der Waals surface area (Å²) in [6.07, 6.45) is 1.26. The number of aromatic nitrogens is 1. The second-order valence-corrected chi connectivity index (χ2v) is 8.05. The molecule has 3 heterocycles. The van der Waals surface area contributed by atoms with E-state index < -0.39 is 0 Å². The average Bonchev–Trinajstić information content (AvgIpc) is 3.42. The van der Waals surface area contributed by atoms with Gasteiger partial charge in [0.05, 0.1) is 20.6 Å². The number of benzene rings is 1. The lowest BCUT2D eigenvalue weighted by Crippen LogP contribution is -2.49. The zero-order valence-corrected chi connectivity index (χ0v) is 17.4. The van der Waals surface area contributed by atoms with Gasteiger partial charge < -0.3 is 14.2 Å². The van der Waals surface area contributed by atoms with Gasteiger partial charge >= 0.3 is 6.01 Å². The summed E-state index contributed by atoms with van der Waals surface area (Å²) in [5.41, 5.74) is 1.01. The molecule has 4 rings (SSSR count). The number of carbonyl (C=O) groups is 2. The molecule has 0 bridgehead atoms. The molecule has 0 atom stereocenters. The molecule has 1 N–H and O–H groups in total. The third-order valence-corrected chi connectivity index (χ3v) is 6.21. The Morgan fingerprint density at radius 3 is 2.62 bits per heavy atom. The summed E-state index contributed by atoms with van der Waals surface area (Å²) in [6.45, 7) is 2.24. The number of piperazine rings is 1. The molecule has 150 valence electrons. The van der Waals surface area contributed by atoms with Crippen molar-refractivity contribution in [3.63, 3.8) is 0 Å². The molecule has 1 aromatic carbocycles. The van der Waals surface area contributed by atoms with E-state index in [1.165, 1.54) is 17.6 Å². The number of rotatable bonds is 4. The van der Waals surface area contributed by atoms with Crippen molar-refractivity contribution in [1.29, 1.82) is 0 Å². The van der Waals surface area contributed by atoms with Gasteiger partial charge in [-0.25, -0.2) is 0 Å². The van der Waals surface area contributed by atoms with Crippen LogP contribution >= 0.6 is 34.5 Å². The van der Waals surface area contributed by atoms with Crippen LogP contribution in [0.4, 0.5) is 11.7 Å². The van der Waals surface area contributed by atoms with Crippen molar-refractivity contribution in [2.24, 2.45) is 0 Å². The Hall–Kier alpha value is -2.55. The highest BCUT2D eigenvalue weighted by Crippen LogP contribution is 2.33. The van der Waals surface area contributed by atoms with Gasteiger partial charge in [0.25, 0.3) is 11.8 Å². The quantitative estimate of drug-likeness (QED) is 0.642. The number of hydrogen-bond donors (Lipinski definition) is 1. The zero-order chi connectivity index (χ0) is 20.4. The monoisotopic (exact) mass is 450 g/mol. The van der Waals surface area contributed by atoms with E-state index in [0.29, 0.717) is 41.1 Å². The van der Waals surface area contributed by atoms with Crippen LogP contribution in [0.3, 0.4) is 0 Å². The molecule has 1 fully saturated rings. The Labute approximate surface area is 180 Å². The minimum atomic E-state index is -0.326. The number of nitrogens with zero attached hydrogens (tertiary/aromatic N) is 3. The van der Waals surface area contributed by atoms with E-state index in [-0.39, 0.29) is 23.5 Å². The first kappa shape index (κ1) is 19.8. The number of nitrogens with one attached hydrogen (secondary N) is 1.